The summed E-state index contributed by atoms with van der Waals surface area (Å²) >= 11 is 0. The van der Waals surface area contributed by atoms with Crippen LogP contribution in [0.2, 0.25) is 0 Å². The summed E-state index contributed by atoms with van der Waals surface area (Å²) in [4.78, 5) is 13.7. The number of halogens is 1. The smallest absolute Gasteiger partial charge is 0.321 e. The maximum atomic E-state index is 13.5. The Labute approximate surface area is 106 Å². The number of nitrogen functional groups attached to an aromatic ring is 1. The van der Waals surface area contributed by atoms with Crippen molar-refractivity contribution in [2.24, 2.45) is 5.92 Å². The summed E-state index contributed by atoms with van der Waals surface area (Å²) in [5.74, 6) is 0.140. The predicted octanol–water partition coefficient (Wildman–Crippen LogP) is 2.67. The van der Waals surface area contributed by atoms with Crippen molar-refractivity contribution < 1.29 is 9.18 Å². The van der Waals surface area contributed by atoms with Crippen LogP contribution in [0.3, 0.4) is 0 Å². The summed E-state index contributed by atoms with van der Waals surface area (Å²) in [6.07, 6.45) is 1.97. The van der Waals surface area contributed by atoms with Gasteiger partial charge in [0, 0.05) is 13.1 Å². The lowest BCUT2D eigenvalue weighted by molar-refractivity contribution is 0.186. The molecule has 1 saturated heterocycles. The molecule has 1 aromatic rings. The third-order valence-electron chi connectivity index (χ3n) is 3.35. The first kappa shape index (κ1) is 12.7. The molecule has 0 radical (unpaired) electrons. The van der Waals surface area contributed by atoms with Gasteiger partial charge < -0.3 is 16.0 Å². The van der Waals surface area contributed by atoms with Crippen LogP contribution in [0.1, 0.15) is 19.8 Å². The van der Waals surface area contributed by atoms with Gasteiger partial charge in [-0.15, -0.1) is 0 Å². The molecule has 1 aromatic carbocycles. The van der Waals surface area contributed by atoms with Crippen molar-refractivity contribution in [1.82, 2.24) is 4.90 Å². The largest absolute Gasteiger partial charge is 0.397 e. The Morgan fingerprint density at radius 1 is 1.44 bits per heavy atom. The van der Waals surface area contributed by atoms with E-state index < -0.39 is 5.82 Å². The van der Waals surface area contributed by atoms with E-state index in [0.29, 0.717) is 19.0 Å². The topological polar surface area (TPSA) is 58.4 Å². The van der Waals surface area contributed by atoms with Gasteiger partial charge in [0.2, 0.25) is 0 Å². The highest BCUT2D eigenvalue weighted by Crippen LogP contribution is 2.23. The molecule has 5 heteroatoms. The number of amides is 2. The molecule has 0 saturated carbocycles. The lowest BCUT2D eigenvalue weighted by Crippen LogP contribution is -2.40. The van der Waals surface area contributed by atoms with Gasteiger partial charge in [0.1, 0.15) is 11.5 Å². The van der Waals surface area contributed by atoms with Gasteiger partial charge in [-0.25, -0.2) is 9.18 Å². The molecule has 3 N–H and O–H groups in total. The lowest BCUT2D eigenvalue weighted by atomic mass is 10.00. The van der Waals surface area contributed by atoms with Crippen LogP contribution in [0.4, 0.5) is 20.6 Å². The molecule has 0 unspecified atom stereocenters. The second-order valence-corrected chi connectivity index (χ2v) is 4.80. The molecule has 4 nitrogen and oxygen atoms in total. The van der Waals surface area contributed by atoms with Crippen molar-refractivity contribution in [3.05, 3.63) is 24.0 Å². The van der Waals surface area contributed by atoms with Gasteiger partial charge in [0.15, 0.2) is 0 Å². The first-order valence-corrected chi connectivity index (χ1v) is 6.18. The summed E-state index contributed by atoms with van der Waals surface area (Å²) in [6, 6.07) is 4.09. The highest BCUT2D eigenvalue weighted by Gasteiger charge is 2.21. The number of hydrogen-bond acceptors (Lipinski definition) is 2. The minimum absolute atomic E-state index is 0.0705. The highest BCUT2D eigenvalue weighted by molar-refractivity contribution is 5.92. The molecule has 1 aliphatic heterocycles. The van der Waals surface area contributed by atoms with Crippen LogP contribution in [0.5, 0.6) is 0 Å². The van der Waals surface area contributed by atoms with Gasteiger partial charge >= 0.3 is 6.03 Å². The normalized spacial score (nSPS) is 16.7. The molecule has 0 aromatic heterocycles. The number of rotatable bonds is 1. The lowest BCUT2D eigenvalue weighted by Gasteiger charge is -2.30. The SMILES string of the molecule is CC1CCN(C(=O)Nc2c(N)cccc2F)CC1. The molecule has 1 aliphatic rings. The van der Waals surface area contributed by atoms with E-state index in [1.54, 1.807) is 11.0 Å². The fourth-order valence-corrected chi connectivity index (χ4v) is 2.07. The third-order valence-corrected chi connectivity index (χ3v) is 3.35. The maximum Gasteiger partial charge on any atom is 0.321 e. The molecule has 18 heavy (non-hydrogen) atoms. The Morgan fingerprint density at radius 2 is 2.11 bits per heavy atom. The highest BCUT2D eigenvalue weighted by atomic mass is 19.1. The first-order chi connectivity index (χ1) is 8.58. The van der Waals surface area contributed by atoms with Crippen molar-refractivity contribution in [2.75, 3.05) is 24.1 Å². The summed E-state index contributed by atoms with van der Waals surface area (Å²) in [6.45, 7) is 3.59. The van der Waals surface area contributed by atoms with Crippen LogP contribution in [0.25, 0.3) is 0 Å². The first-order valence-electron chi connectivity index (χ1n) is 6.18. The molecule has 0 atom stereocenters. The number of carbonyl (C=O) groups excluding carboxylic acids is 1. The number of benzene rings is 1. The van der Waals surface area contributed by atoms with E-state index in [1.165, 1.54) is 12.1 Å². The Bertz CT molecular complexity index is 422. The van der Waals surface area contributed by atoms with Crippen LogP contribution < -0.4 is 11.1 Å². The molecule has 2 rings (SSSR count). The molecule has 0 aliphatic carbocycles. The average Bonchev–Trinajstić information content (AvgIpc) is 2.34. The van der Waals surface area contributed by atoms with E-state index in [1.807, 2.05) is 0 Å². The van der Waals surface area contributed by atoms with Crippen LogP contribution in [0.15, 0.2) is 18.2 Å². The molecule has 0 spiro atoms. The van der Waals surface area contributed by atoms with E-state index in [0.717, 1.165) is 12.8 Å². The van der Waals surface area contributed by atoms with Gasteiger partial charge in [-0.1, -0.05) is 13.0 Å². The monoisotopic (exact) mass is 251 g/mol. The maximum absolute atomic E-state index is 13.5. The van der Waals surface area contributed by atoms with Gasteiger partial charge in [0.25, 0.3) is 0 Å². The van der Waals surface area contributed by atoms with E-state index in [4.69, 9.17) is 5.73 Å². The Hall–Kier alpha value is -1.78. The Morgan fingerprint density at radius 3 is 2.72 bits per heavy atom. The molecule has 0 bridgehead atoms. The zero-order valence-electron chi connectivity index (χ0n) is 10.4. The minimum Gasteiger partial charge on any atom is -0.397 e. The fourth-order valence-electron chi connectivity index (χ4n) is 2.07. The van der Waals surface area contributed by atoms with Crippen LogP contribution >= 0.6 is 0 Å². The van der Waals surface area contributed by atoms with E-state index in [2.05, 4.69) is 12.2 Å². The van der Waals surface area contributed by atoms with Gasteiger partial charge in [-0.05, 0) is 30.9 Å². The number of urea groups is 1. The number of nitrogens with two attached hydrogens (primary N) is 1. The quantitative estimate of drug-likeness (QED) is 0.754. The fraction of sp³-hybridized carbons (Fsp3) is 0.462. The summed E-state index contributed by atoms with van der Waals surface area (Å²) in [5, 5.41) is 2.55. The van der Waals surface area contributed by atoms with Gasteiger partial charge in [0.05, 0.1) is 5.69 Å². The summed E-state index contributed by atoms with van der Waals surface area (Å²) in [7, 11) is 0. The van der Waals surface area contributed by atoms with E-state index in [-0.39, 0.29) is 17.4 Å². The van der Waals surface area contributed by atoms with Crippen LogP contribution in [-0.4, -0.2) is 24.0 Å². The van der Waals surface area contributed by atoms with Gasteiger partial charge in [-0.3, -0.25) is 0 Å². The number of anilines is 2. The zero-order valence-corrected chi connectivity index (χ0v) is 10.4. The van der Waals surface area contributed by atoms with Crippen LogP contribution in [0, 0.1) is 11.7 Å². The van der Waals surface area contributed by atoms with Gasteiger partial charge in [-0.2, -0.15) is 0 Å². The van der Waals surface area contributed by atoms with Crippen molar-refractivity contribution >= 4 is 17.4 Å². The van der Waals surface area contributed by atoms with E-state index in [9.17, 15) is 9.18 Å². The molecule has 98 valence electrons. The Kier molecular flexibility index (Phi) is 3.69. The molecule has 1 heterocycles. The number of carbonyl (C=O) groups is 1. The second-order valence-electron chi connectivity index (χ2n) is 4.80. The number of likely N-dealkylation sites (tertiary alicyclic amines) is 1. The molecular weight excluding hydrogens is 233 g/mol. The van der Waals surface area contributed by atoms with Crippen molar-refractivity contribution in [3.8, 4) is 0 Å². The number of hydrogen-bond donors (Lipinski definition) is 2. The summed E-state index contributed by atoms with van der Waals surface area (Å²) in [5.41, 5.74) is 5.96. The second kappa shape index (κ2) is 5.25. The Balaban J connectivity index is 2.03. The van der Waals surface area contributed by atoms with Crippen LogP contribution in [-0.2, 0) is 0 Å². The molecule has 2 amide bonds. The van der Waals surface area contributed by atoms with E-state index >= 15 is 0 Å². The minimum atomic E-state index is -0.506. The number of para-hydroxylation sites is 1. The molecular formula is C13H18FN3O. The summed E-state index contributed by atoms with van der Waals surface area (Å²) < 4.78 is 13.5. The number of nitrogens with zero attached hydrogens (tertiary/aromatic N) is 1. The number of piperidine rings is 1. The van der Waals surface area contributed by atoms with Crippen molar-refractivity contribution in [3.63, 3.8) is 0 Å². The standard InChI is InChI=1S/C13H18FN3O/c1-9-5-7-17(8-6-9)13(18)16-12-10(14)3-2-4-11(12)15/h2-4,9H,5-8,15H2,1H3,(H,16,18). The van der Waals surface area contributed by atoms with Crippen molar-refractivity contribution in [1.29, 1.82) is 0 Å². The predicted molar refractivity (Wildman–Crippen MR) is 69.8 cm³/mol. The zero-order chi connectivity index (χ0) is 13.1. The molecule has 1 fully saturated rings. The number of nitrogens with one attached hydrogen (secondary N) is 1. The van der Waals surface area contributed by atoms with Crippen molar-refractivity contribution in [2.45, 2.75) is 19.8 Å². The third kappa shape index (κ3) is 2.72. The average molecular weight is 251 g/mol.